The smallest absolute Gasteiger partial charge is 0.257 e. The van der Waals surface area contributed by atoms with E-state index in [9.17, 15) is 9.18 Å². The van der Waals surface area contributed by atoms with Crippen LogP contribution in [0.3, 0.4) is 0 Å². The molecule has 0 bridgehead atoms. The van der Waals surface area contributed by atoms with Crippen molar-refractivity contribution in [3.8, 4) is 0 Å². The topological polar surface area (TPSA) is 41.6 Å². The van der Waals surface area contributed by atoms with Crippen LogP contribution in [0, 0.1) is 5.82 Å². The summed E-state index contributed by atoms with van der Waals surface area (Å²) >= 11 is 6.00. The number of ether oxygens (including phenoxy) is 1. The number of morpholine rings is 1. The molecule has 1 amide bonds. The predicted molar refractivity (Wildman–Crippen MR) is 101 cm³/mol. The maximum atomic E-state index is 13.2. The van der Waals surface area contributed by atoms with Gasteiger partial charge in [0.25, 0.3) is 5.91 Å². The molecule has 2 aromatic rings. The van der Waals surface area contributed by atoms with Gasteiger partial charge in [0, 0.05) is 25.3 Å². The minimum Gasteiger partial charge on any atom is -0.373 e. The molecule has 1 fully saturated rings. The van der Waals surface area contributed by atoms with E-state index in [4.69, 9.17) is 16.3 Å². The highest BCUT2D eigenvalue weighted by Gasteiger charge is 2.23. The number of benzene rings is 2. The molecule has 0 saturated carbocycles. The summed E-state index contributed by atoms with van der Waals surface area (Å²) in [5.41, 5.74) is 1.99. The van der Waals surface area contributed by atoms with Crippen molar-refractivity contribution in [3.63, 3.8) is 0 Å². The van der Waals surface area contributed by atoms with Gasteiger partial charge in [-0.2, -0.15) is 0 Å². The van der Waals surface area contributed by atoms with Crippen LogP contribution in [-0.2, 0) is 11.3 Å². The minimum atomic E-state index is -0.470. The molecule has 2 unspecified atom stereocenters. The van der Waals surface area contributed by atoms with Crippen molar-refractivity contribution < 1.29 is 13.9 Å². The Bertz CT molecular complexity index is 789. The van der Waals surface area contributed by atoms with Crippen molar-refractivity contribution in [1.29, 1.82) is 0 Å². The molecule has 1 saturated heterocycles. The fourth-order valence-electron chi connectivity index (χ4n) is 3.30. The van der Waals surface area contributed by atoms with Gasteiger partial charge in [-0.05, 0) is 43.7 Å². The van der Waals surface area contributed by atoms with Gasteiger partial charge in [0.1, 0.15) is 5.82 Å². The average molecular weight is 377 g/mol. The Morgan fingerprint density at radius 3 is 2.62 bits per heavy atom. The standard InChI is InChI=1S/C20H22ClFN2O2/c1-13-10-24(11-14(2)26-13)12-15-5-3-4-6-19(15)23-20(25)17-8-7-16(22)9-18(17)21/h3-9,13-14H,10-12H2,1-2H3,(H,23,25). The maximum absolute atomic E-state index is 13.2. The Hall–Kier alpha value is -1.95. The largest absolute Gasteiger partial charge is 0.373 e. The van der Waals surface area contributed by atoms with Crippen molar-refractivity contribution in [2.45, 2.75) is 32.6 Å². The number of hydrogen-bond donors (Lipinski definition) is 1. The van der Waals surface area contributed by atoms with Crippen LogP contribution >= 0.6 is 11.6 Å². The van der Waals surface area contributed by atoms with Crippen LogP contribution in [0.15, 0.2) is 42.5 Å². The summed E-state index contributed by atoms with van der Waals surface area (Å²) < 4.78 is 19.0. The number of amides is 1. The van der Waals surface area contributed by atoms with Crippen molar-refractivity contribution in [1.82, 2.24) is 4.90 Å². The molecule has 2 atom stereocenters. The molecule has 138 valence electrons. The monoisotopic (exact) mass is 376 g/mol. The molecule has 4 nitrogen and oxygen atoms in total. The number of anilines is 1. The van der Waals surface area contributed by atoms with E-state index in [2.05, 4.69) is 24.1 Å². The van der Waals surface area contributed by atoms with Crippen LogP contribution in [0.2, 0.25) is 5.02 Å². The Morgan fingerprint density at radius 2 is 1.92 bits per heavy atom. The van der Waals surface area contributed by atoms with E-state index in [1.165, 1.54) is 12.1 Å². The van der Waals surface area contributed by atoms with E-state index in [0.29, 0.717) is 6.54 Å². The average Bonchev–Trinajstić information content (AvgIpc) is 2.55. The SMILES string of the molecule is CC1CN(Cc2ccccc2NC(=O)c2ccc(F)cc2Cl)CC(C)O1. The van der Waals surface area contributed by atoms with E-state index in [1.54, 1.807) is 0 Å². The van der Waals surface area contributed by atoms with Crippen molar-refractivity contribution in [2.75, 3.05) is 18.4 Å². The van der Waals surface area contributed by atoms with Gasteiger partial charge in [-0.25, -0.2) is 4.39 Å². The molecular formula is C20H22ClFN2O2. The summed E-state index contributed by atoms with van der Waals surface area (Å²) in [4.78, 5) is 14.9. The molecule has 6 heteroatoms. The van der Waals surface area contributed by atoms with E-state index in [1.807, 2.05) is 24.3 Å². The summed E-state index contributed by atoms with van der Waals surface area (Å²) in [6.07, 6.45) is 0.358. The summed E-state index contributed by atoms with van der Waals surface area (Å²) in [7, 11) is 0. The molecule has 0 spiro atoms. The third-order valence-electron chi connectivity index (χ3n) is 4.33. The first-order chi connectivity index (χ1) is 12.4. The molecule has 26 heavy (non-hydrogen) atoms. The Morgan fingerprint density at radius 1 is 1.23 bits per heavy atom. The van der Waals surface area contributed by atoms with Crippen LogP contribution in [0.4, 0.5) is 10.1 Å². The van der Waals surface area contributed by atoms with Crippen molar-refractivity contribution in [2.24, 2.45) is 0 Å². The summed E-state index contributed by atoms with van der Waals surface area (Å²) in [6.45, 7) is 6.53. The summed E-state index contributed by atoms with van der Waals surface area (Å²) in [5, 5.41) is 2.99. The Kier molecular flexibility index (Phi) is 5.91. The second-order valence-electron chi connectivity index (χ2n) is 6.69. The van der Waals surface area contributed by atoms with Gasteiger partial charge < -0.3 is 10.1 Å². The molecule has 0 aliphatic carbocycles. The summed E-state index contributed by atoms with van der Waals surface area (Å²) in [5.74, 6) is -0.825. The second kappa shape index (κ2) is 8.16. The van der Waals surface area contributed by atoms with Crippen molar-refractivity contribution in [3.05, 3.63) is 64.4 Å². The van der Waals surface area contributed by atoms with E-state index >= 15 is 0 Å². The fourth-order valence-corrected chi connectivity index (χ4v) is 3.55. The van der Waals surface area contributed by atoms with Gasteiger partial charge in [-0.3, -0.25) is 9.69 Å². The van der Waals surface area contributed by atoms with Crippen LogP contribution in [0.5, 0.6) is 0 Å². The summed E-state index contributed by atoms with van der Waals surface area (Å²) in [6, 6.07) is 11.4. The first kappa shape index (κ1) is 18.8. The molecular weight excluding hydrogens is 355 g/mol. The van der Waals surface area contributed by atoms with Gasteiger partial charge in [-0.1, -0.05) is 29.8 Å². The van der Waals surface area contributed by atoms with Crippen LogP contribution in [-0.4, -0.2) is 36.1 Å². The number of hydrogen-bond acceptors (Lipinski definition) is 3. The van der Waals surface area contributed by atoms with Gasteiger partial charge in [0.05, 0.1) is 22.8 Å². The molecule has 0 radical (unpaired) electrons. The first-order valence-corrected chi connectivity index (χ1v) is 9.02. The zero-order valence-corrected chi connectivity index (χ0v) is 15.6. The van der Waals surface area contributed by atoms with Gasteiger partial charge in [-0.15, -0.1) is 0 Å². The minimum absolute atomic E-state index is 0.0933. The fraction of sp³-hybridized carbons (Fsp3) is 0.350. The molecule has 2 aromatic carbocycles. The lowest BCUT2D eigenvalue weighted by Gasteiger charge is -2.35. The number of halogens is 2. The van der Waals surface area contributed by atoms with Crippen molar-refractivity contribution >= 4 is 23.2 Å². The zero-order valence-electron chi connectivity index (χ0n) is 14.8. The van der Waals surface area contributed by atoms with E-state index in [0.717, 1.165) is 30.4 Å². The molecule has 0 aromatic heterocycles. The third kappa shape index (κ3) is 4.61. The van der Waals surface area contributed by atoms with Gasteiger partial charge in [0.15, 0.2) is 0 Å². The lowest BCUT2D eigenvalue weighted by molar-refractivity contribution is -0.0704. The van der Waals surface area contributed by atoms with Gasteiger partial charge in [0.2, 0.25) is 0 Å². The first-order valence-electron chi connectivity index (χ1n) is 8.64. The highest BCUT2D eigenvalue weighted by Crippen LogP contribution is 2.23. The molecule has 1 N–H and O–H groups in total. The molecule has 1 aliphatic rings. The number of nitrogens with one attached hydrogen (secondary N) is 1. The third-order valence-corrected chi connectivity index (χ3v) is 4.64. The van der Waals surface area contributed by atoms with E-state index < -0.39 is 5.82 Å². The number of carbonyl (C=O) groups is 1. The normalized spacial score (nSPS) is 20.8. The molecule has 1 aliphatic heterocycles. The predicted octanol–water partition coefficient (Wildman–Crippen LogP) is 4.34. The zero-order chi connectivity index (χ0) is 18.7. The van der Waals surface area contributed by atoms with Crippen LogP contribution < -0.4 is 5.32 Å². The highest BCUT2D eigenvalue weighted by atomic mass is 35.5. The Labute approximate surface area is 157 Å². The van der Waals surface area contributed by atoms with Crippen LogP contribution in [0.1, 0.15) is 29.8 Å². The number of rotatable bonds is 4. The number of carbonyl (C=O) groups excluding carboxylic acids is 1. The quantitative estimate of drug-likeness (QED) is 0.863. The second-order valence-corrected chi connectivity index (χ2v) is 7.09. The maximum Gasteiger partial charge on any atom is 0.257 e. The lowest BCUT2D eigenvalue weighted by atomic mass is 10.1. The molecule has 3 rings (SSSR count). The van der Waals surface area contributed by atoms with Crippen LogP contribution in [0.25, 0.3) is 0 Å². The van der Waals surface area contributed by atoms with E-state index in [-0.39, 0.29) is 28.7 Å². The number of para-hydroxylation sites is 1. The Balaban J connectivity index is 1.75. The number of nitrogens with zero attached hydrogens (tertiary/aromatic N) is 1. The lowest BCUT2D eigenvalue weighted by Crippen LogP contribution is -2.44. The van der Waals surface area contributed by atoms with Gasteiger partial charge >= 0.3 is 0 Å². The highest BCUT2D eigenvalue weighted by molar-refractivity contribution is 6.34. The molecule has 1 heterocycles.